The Labute approximate surface area is 117 Å². The lowest BCUT2D eigenvalue weighted by atomic mass is 10.2. The number of aliphatic hydroxyl groups is 1. The van der Waals surface area contributed by atoms with Gasteiger partial charge in [0.2, 0.25) is 0 Å². The molecule has 106 valence electrons. The molecule has 0 aliphatic heterocycles. The van der Waals surface area contributed by atoms with Crippen LogP contribution in [-0.2, 0) is 0 Å². The first-order valence-electron chi connectivity index (χ1n) is 6.63. The average molecular weight is 274 g/mol. The fourth-order valence-electron chi connectivity index (χ4n) is 1.89. The van der Waals surface area contributed by atoms with Gasteiger partial charge in [-0.05, 0) is 24.6 Å². The molecule has 2 rings (SSSR count). The zero-order valence-corrected chi connectivity index (χ0v) is 11.4. The van der Waals surface area contributed by atoms with Crippen LogP contribution in [0.4, 0.5) is 0 Å². The molecule has 0 bridgehead atoms. The second-order valence-electron chi connectivity index (χ2n) is 4.48. The molecule has 2 heterocycles. The Bertz CT molecular complexity index is 554. The van der Waals surface area contributed by atoms with Gasteiger partial charge in [-0.1, -0.05) is 13.3 Å². The monoisotopic (exact) mass is 274 g/mol. The fraction of sp³-hybridized carbons (Fsp3) is 0.357. The van der Waals surface area contributed by atoms with E-state index < -0.39 is 6.10 Å². The van der Waals surface area contributed by atoms with Gasteiger partial charge in [-0.2, -0.15) is 5.10 Å². The third kappa shape index (κ3) is 3.42. The molecule has 20 heavy (non-hydrogen) atoms. The number of nitrogens with zero attached hydrogens (tertiary/aromatic N) is 3. The number of pyridine rings is 1. The largest absolute Gasteiger partial charge is 0.391 e. The first-order chi connectivity index (χ1) is 9.72. The lowest BCUT2D eigenvalue weighted by molar-refractivity contribution is 0.0909. The van der Waals surface area contributed by atoms with E-state index in [2.05, 4.69) is 15.4 Å². The van der Waals surface area contributed by atoms with Gasteiger partial charge in [0, 0.05) is 25.1 Å². The fourth-order valence-corrected chi connectivity index (χ4v) is 1.89. The number of nitrogens with one attached hydrogen (secondary N) is 1. The molecule has 0 saturated heterocycles. The van der Waals surface area contributed by atoms with E-state index in [1.165, 1.54) is 4.68 Å². The van der Waals surface area contributed by atoms with Crippen LogP contribution in [0, 0.1) is 0 Å². The third-order valence-corrected chi connectivity index (χ3v) is 2.87. The number of carbonyl (C=O) groups excluding carboxylic acids is 1. The first-order valence-corrected chi connectivity index (χ1v) is 6.63. The SMILES string of the molecule is CCCC(O)CNC(=O)c1cccnc1-n1cccn1. The van der Waals surface area contributed by atoms with E-state index in [1.807, 2.05) is 6.92 Å². The van der Waals surface area contributed by atoms with E-state index in [0.717, 1.165) is 6.42 Å². The highest BCUT2D eigenvalue weighted by Crippen LogP contribution is 2.10. The van der Waals surface area contributed by atoms with E-state index in [1.54, 1.807) is 36.8 Å². The maximum Gasteiger partial charge on any atom is 0.255 e. The molecule has 1 amide bonds. The minimum absolute atomic E-state index is 0.236. The number of hydrogen-bond acceptors (Lipinski definition) is 4. The standard InChI is InChI=1S/C14H18N4O2/c1-2-5-11(19)10-16-14(20)12-6-3-7-15-13(12)18-9-4-8-17-18/h3-4,6-9,11,19H,2,5,10H2,1H3,(H,16,20). The van der Waals surface area contributed by atoms with Crippen molar-refractivity contribution in [3.05, 3.63) is 42.4 Å². The van der Waals surface area contributed by atoms with Gasteiger partial charge < -0.3 is 10.4 Å². The van der Waals surface area contributed by atoms with Crippen LogP contribution in [-0.4, -0.2) is 38.4 Å². The van der Waals surface area contributed by atoms with Crippen molar-refractivity contribution in [2.75, 3.05) is 6.54 Å². The number of hydrogen-bond donors (Lipinski definition) is 2. The van der Waals surface area contributed by atoms with Crippen LogP contribution >= 0.6 is 0 Å². The highest BCUT2D eigenvalue weighted by Gasteiger charge is 2.14. The number of rotatable bonds is 6. The van der Waals surface area contributed by atoms with Crippen LogP contribution in [0.25, 0.3) is 5.82 Å². The van der Waals surface area contributed by atoms with Crippen LogP contribution in [0.5, 0.6) is 0 Å². The molecule has 6 nitrogen and oxygen atoms in total. The molecule has 0 aliphatic rings. The smallest absolute Gasteiger partial charge is 0.255 e. The van der Waals surface area contributed by atoms with Crippen LogP contribution in [0.2, 0.25) is 0 Å². The van der Waals surface area contributed by atoms with Crippen molar-refractivity contribution in [1.29, 1.82) is 0 Å². The third-order valence-electron chi connectivity index (χ3n) is 2.87. The molecule has 2 aromatic heterocycles. The summed E-state index contributed by atoms with van der Waals surface area (Å²) < 4.78 is 1.54. The minimum Gasteiger partial charge on any atom is -0.391 e. The summed E-state index contributed by atoms with van der Waals surface area (Å²) in [7, 11) is 0. The van der Waals surface area contributed by atoms with Gasteiger partial charge in [-0.15, -0.1) is 0 Å². The van der Waals surface area contributed by atoms with Crippen molar-refractivity contribution >= 4 is 5.91 Å². The van der Waals surface area contributed by atoms with E-state index in [0.29, 0.717) is 17.8 Å². The van der Waals surface area contributed by atoms with Gasteiger partial charge in [0.1, 0.15) is 0 Å². The molecule has 1 atom stereocenters. The second kappa shape index (κ2) is 6.81. The molecular weight excluding hydrogens is 256 g/mol. The molecule has 0 spiro atoms. The van der Waals surface area contributed by atoms with Crippen LogP contribution in [0.15, 0.2) is 36.8 Å². The molecule has 2 N–H and O–H groups in total. The second-order valence-corrected chi connectivity index (χ2v) is 4.48. The first kappa shape index (κ1) is 14.2. The van der Waals surface area contributed by atoms with Gasteiger partial charge in [0.15, 0.2) is 5.82 Å². The Balaban J connectivity index is 2.11. The summed E-state index contributed by atoms with van der Waals surface area (Å²) >= 11 is 0. The summed E-state index contributed by atoms with van der Waals surface area (Å²) in [6.45, 7) is 2.22. The van der Waals surface area contributed by atoms with Crippen molar-refractivity contribution in [2.24, 2.45) is 0 Å². The summed E-state index contributed by atoms with van der Waals surface area (Å²) in [4.78, 5) is 16.3. The number of aromatic nitrogens is 3. The quantitative estimate of drug-likeness (QED) is 0.828. The Kier molecular flexibility index (Phi) is 4.84. The molecule has 0 fully saturated rings. The summed E-state index contributed by atoms with van der Waals surface area (Å²) in [5, 5.41) is 16.4. The van der Waals surface area contributed by atoms with Gasteiger partial charge in [-0.3, -0.25) is 4.79 Å². The van der Waals surface area contributed by atoms with E-state index in [4.69, 9.17) is 0 Å². The number of amides is 1. The maximum absolute atomic E-state index is 12.2. The Hall–Kier alpha value is -2.21. The summed E-state index contributed by atoms with van der Waals surface area (Å²) in [6, 6.07) is 5.15. The van der Waals surface area contributed by atoms with Crippen LogP contribution < -0.4 is 5.32 Å². The highest BCUT2D eigenvalue weighted by atomic mass is 16.3. The predicted octanol–water partition coefficient (Wildman–Crippen LogP) is 1.16. The molecular formula is C14H18N4O2. The molecule has 0 radical (unpaired) electrons. The molecule has 2 aromatic rings. The Morgan fingerprint density at radius 1 is 1.45 bits per heavy atom. The Morgan fingerprint density at radius 2 is 2.30 bits per heavy atom. The maximum atomic E-state index is 12.2. The molecule has 6 heteroatoms. The lowest BCUT2D eigenvalue weighted by Crippen LogP contribution is -2.32. The highest BCUT2D eigenvalue weighted by molar-refractivity contribution is 5.97. The molecule has 0 saturated carbocycles. The normalized spacial score (nSPS) is 12.1. The zero-order chi connectivity index (χ0) is 14.4. The van der Waals surface area contributed by atoms with E-state index >= 15 is 0 Å². The molecule has 0 aromatic carbocycles. The summed E-state index contributed by atoms with van der Waals surface area (Å²) in [6.07, 6.45) is 5.99. The minimum atomic E-state index is -0.520. The van der Waals surface area contributed by atoms with Gasteiger partial charge in [0.05, 0.1) is 11.7 Å². The molecule has 0 aliphatic carbocycles. The van der Waals surface area contributed by atoms with Crippen molar-refractivity contribution in [3.8, 4) is 5.82 Å². The number of aliphatic hydroxyl groups excluding tert-OH is 1. The van der Waals surface area contributed by atoms with Gasteiger partial charge in [0.25, 0.3) is 5.91 Å². The van der Waals surface area contributed by atoms with Crippen molar-refractivity contribution in [3.63, 3.8) is 0 Å². The Morgan fingerprint density at radius 3 is 3.00 bits per heavy atom. The van der Waals surface area contributed by atoms with Gasteiger partial charge >= 0.3 is 0 Å². The summed E-state index contributed by atoms with van der Waals surface area (Å²) in [5.41, 5.74) is 0.430. The van der Waals surface area contributed by atoms with E-state index in [9.17, 15) is 9.90 Å². The average Bonchev–Trinajstić information content (AvgIpc) is 2.99. The van der Waals surface area contributed by atoms with Gasteiger partial charge in [-0.25, -0.2) is 9.67 Å². The van der Waals surface area contributed by atoms with E-state index in [-0.39, 0.29) is 12.5 Å². The van der Waals surface area contributed by atoms with Crippen LogP contribution in [0.3, 0.4) is 0 Å². The topological polar surface area (TPSA) is 80.0 Å². The zero-order valence-electron chi connectivity index (χ0n) is 11.4. The lowest BCUT2D eigenvalue weighted by Gasteiger charge is -2.12. The predicted molar refractivity (Wildman–Crippen MR) is 74.6 cm³/mol. The molecule has 1 unspecified atom stereocenters. The number of carbonyl (C=O) groups is 1. The van der Waals surface area contributed by atoms with Crippen molar-refractivity contribution in [2.45, 2.75) is 25.9 Å². The van der Waals surface area contributed by atoms with Crippen molar-refractivity contribution < 1.29 is 9.90 Å². The van der Waals surface area contributed by atoms with Crippen molar-refractivity contribution in [1.82, 2.24) is 20.1 Å². The van der Waals surface area contributed by atoms with Crippen LogP contribution in [0.1, 0.15) is 30.1 Å². The summed E-state index contributed by atoms with van der Waals surface area (Å²) in [5.74, 6) is 0.207.